The maximum Gasteiger partial charge on any atom is 0.0998 e. The van der Waals surface area contributed by atoms with Gasteiger partial charge in [0.25, 0.3) is 0 Å². The minimum absolute atomic E-state index is 0.569. The highest BCUT2D eigenvalue weighted by Crippen LogP contribution is 2.31. The van der Waals surface area contributed by atoms with Crippen molar-refractivity contribution in [2.75, 3.05) is 0 Å². The van der Waals surface area contributed by atoms with Crippen LogP contribution in [0.1, 0.15) is 11.1 Å². The van der Waals surface area contributed by atoms with E-state index in [0.29, 0.717) is 15.6 Å². The summed E-state index contributed by atoms with van der Waals surface area (Å²) in [5, 5.41) is 10.3. The van der Waals surface area contributed by atoms with E-state index in [9.17, 15) is 0 Å². The molecular weight excluding hydrogens is 253 g/mol. The van der Waals surface area contributed by atoms with Crippen LogP contribution in [0.3, 0.4) is 0 Å². The summed E-state index contributed by atoms with van der Waals surface area (Å²) in [6, 6.07) is 13.1. The quantitative estimate of drug-likeness (QED) is 0.721. The van der Waals surface area contributed by atoms with Gasteiger partial charge in [-0.3, -0.25) is 0 Å². The van der Waals surface area contributed by atoms with Crippen LogP contribution in [0, 0.1) is 18.3 Å². The second-order valence-electron chi connectivity index (χ2n) is 3.77. The first kappa shape index (κ1) is 12.0. The molecule has 2 rings (SSSR count). The monoisotopic (exact) mass is 261 g/mol. The summed E-state index contributed by atoms with van der Waals surface area (Å²) in [5.74, 6) is 0. The number of nitrogens with zero attached hydrogens (tertiary/aromatic N) is 1. The Kier molecular flexibility index (Phi) is 3.38. The molecule has 3 heteroatoms. The molecule has 0 aliphatic carbocycles. The molecule has 0 saturated heterocycles. The SMILES string of the molecule is Cc1cccc(C#N)c1-c1cc(Cl)cc(Cl)c1. The zero-order valence-electron chi connectivity index (χ0n) is 9.17. The molecule has 0 aliphatic rings. The number of hydrogen-bond acceptors (Lipinski definition) is 1. The maximum absolute atomic E-state index is 9.13. The van der Waals surface area contributed by atoms with E-state index in [0.717, 1.165) is 16.7 Å². The maximum atomic E-state index is 9.13. The molecule has 0 saturated carbocycles. The molecule has 17 heavy (non-hydrogen) atoms. The van der Waals surface area contributed by atoms with Crippen molar-refractivity contribution in [2.24, 2.45) is 0 Å². The molecule has 84 valence electrons. The molecule has 0 N–H and O–H groups in total. The molecule has 2 aromatic carbocycles. The summed E-state index contributed by atoms with van der Waals surface area (Å²) < 4.78 is 0. The first-order chi connectivity index (χ1) is 8.11. The Morgan fingerprint density at radius 3 is 2.29 bits per heavy atom. The lowest BCUT2D eigenvalue weighted by molar-refractivity contribution is 1.41. The van der Waals surface area contributed by atoms with Crippen molar-refractivity contribution in [3.05, 3.63) is 57.6 Å². The van der Waals surface area contributed by atoms with E-state index in [-0.39, 0.29) is 0 Å². The van der Waals surface area contributed by atoms with E-state index in [1.165, 1.54) is 0 Å². The Labute approximate surface area is 110 Å². The standard InChI is InChI=1S/C14H9Cl2N/c1-9-3-2-4-10(8-17)14(9)11-5-12(15)7-13(16)6-11/h2-7H,1H3. The van der Waals surface area contributed by atoms with Gasteiger partial charge < -0.3 is 0 Å². The molecule has 0 unspecified atom stereocenters. The van der Waals surface area contributed by atoms with Gasteiger partial charge in [-0.25, -0.2) is 0 Å². The molecule has 2 aromatic rings. The van der Waals surface area contributed by atoms with Gasteiger partial charge in [-0.2, -0.15) is 5.26 Å². The number of nitriles is 1. The van der Waals surface area contributed by atoms with E-state index in [4.69, 9.17) is 28.5 Å². The van der Waals surface area contributed by atoms with Crippen LogP contribution in [0.2, 0.25) is 10.0 Å². The largest absolute Gasteiger partial charge is 0.192 e. The molecule has 1 nitrogen and oxygen atoms in total. The van der Waals surface area contributed by atoms with Crippen molar-refractivity contribution in [2.45, 2.75) is 6.92 Å². The van der Waals surface area contributed by atoms with Gasteiger partial charge in [0.05, 0.1) is 11.6 Å². The lowest BCUT2D eigenvalue weighted by Crippen LogP contribution is -1.88. The van der Waals surface area contributed by atoms with Crippen LogP contribution in [0.25, 0.3) is 11.1 Å². The van der Waals surface area contributed by atoms with Gasteiger partial charge in [0, 0.05) is 15.6 Å². The van der Waals surface area contributed by atoms with Crippen molar-refractivity contribution >= 4 is 23.2 Å². The van der Waals surface area contributed by atoms with Gasteiger partial charge in [-0.1, -0.05) is 35.3 Å². The molecular formula is C14H9Cl2N. The van der Waals surface area contributed by atoms with Gasteiger partial charge in [0.2, 0.25) is 0 Å². The predicted octanol–water partition coefficient (Wildman–Crippen LogP) is 4.84. The molecule has 0 fully saturated rings. The Balaban J connectivity index is 2.72. The molecule has 0 bridgehead atoms. The van der Waals surface area contributed by atoms with Gasteiger partial charge >= 0.3 is 0 Å². The third-order valence-electron chi connectivity index (χ3n) is 2.54. The number of hydrogen-bond donors (Lipinski definition) is 0. The molecule has 0 amide bonds. The van der Waals surface area contributed by atoms with Crippen LogP contribution in [-0.4, -0.2) is 0 Å². The normalized spacial score (nSPS) is 10.0. The van der Waals surface area contributed by atoms with Crippen molar-refractivity contribution in [1.82, 2.24) is 0 Å². The fourth-order valence-corrected chi connectivity index (χ4v) is 2.37. The Bertz CT molecular complexity index is 592. The summed E-state index contributed by atoms with van der Waals surface area (Å²) >= 11 is 12.0. The topological polar surface area (TPSA) is 23.8 Å². The highest BCUT2D eigenvalue weighted by molar-refractivity contribution is 6.35. The second-order valence-corrected chi connectivity index (χ2v) is 4.64. The van der Waals surface area contributed by atoms with Crippen molar-refractivity contribution in [1.29, 1.82) is 5.26 Å². The third kappa shape index (κ3) is 2.44. The van der Waals surface area contributed by atoms with Gasteiger partial charge in [0.1, 0.15) is 0 Å². The lowest BCUT2D eigenvalue weighted by Gasteiger charge is -2.09. The summed E-state index contributed by atoms with van der Waals surface area (Å²) in [4.78, 5) is 0. The van der Waals surface area contributed by atoms with Gasteiger partial charge in [-0.15, -0.1) is 0 Å². The minimum atomic E-state index is 0.569. The highest BCUT2D eigenvalue weighted by atomic mass is 35.5. The van der Waals surface area contributed by atoms with E-state index in [1.54, 1.807) is 12.1 Å². The molecule has 0 heterocycles. The summed E-state index contributed by atoms with van der Waals surface area (Å²) in [7, 11) is 0. The zero-order chi connectivity index (χ0) is 12.4. The van der Waals surface area contributed by atoms with Crippen LogP contribution in [0.5, 0.6) is 0 Å². The van der Waals surface area contributed by atoms with Gasteiger partial charge in [0.15, 0.2) is 0 Å². The van der Waals surface area contributed by atoms with Crippen molar-refractivity contribution in [3.8, 4) is 17.2 Å². The first-order valence-electron chi connectivity index (χ1n) is 5.08. The molecule has 0 atom stereocenters. The Hall–Kier alpha value is -1.49. The molecule has 0 aliphatic heterocycles. The summed E-state index contributed by atoms with van der Waals surface area (Å²) in [5.41, 5.74) is 3.42. The van der Waals surface area contributed by atoms with Crippen LogP contribution >= 0.6 is 23.2 Å². The molecule has 0 aromatic heterocycles. The predicted molar refractivity (Wildman–Crippen MR) is 71.4 cm³/mol. The average molecular weight is 262 g/mol. The van der Waals surface area contributed by atoms with Crippen molar-refractivity contribution < 1.29 is 0 Å². The second kappa shape index (κ2) is 4.79. The van der Waals surface area contributed by atoms with Crippen LogP contribution in [0.15, 0.2) is 36.4 Å². The Morgan fingerprint density at radius 1 is 1.06 bits per heavy atom. The number of aryl methyl sites for hydroxylation is 1. The lowest BCUT2D eigenvalue weighted by atomic mass is 9.96. The molecule has 0 radical (unpaired) electrons. The average Bonchev–Trinajstić information content (AvgIpc) is 2.27. The van der Waals surface area contributed by atoms with Crippen molar-refractivity contribution in [3.63, 3.8) is 0 Å². The number of rotatable bonds is 1. The number of benzene rings is 2. The van der Waals surface area contributed by atoms with Gasteiger partial charge in [-0.05, 0) is 42.3 Å². The molecule has 0 spiro atoms. The summed E-state index contributed by atoms with van der Waals surface area (Å²) in [6.07, 6.45) is 0. The van der Waals surface area contributed by atoms with Crippen LogP contribution < -0.4 is 0 Å². The fraction of sp³-hybridized carbons (Fsp3) is 0.0714. The fourth-order valence-electron chi connectivity index (χ4n) is 1.84. The van der Waals surface area contributed by atoms with E-state index in [2.05, 4.69) is 6.07 Å². The van der Waals surface area contributed by atoms with E-state index < -0.39 is 0 Å². The highest BCUT2D eigenvalue weighted by Gasteiger charge is 2.09. The third-order valence-corrected chi connectivity index (χ3v) is 2.98. The van der Waals surface area contributed by atoms with Crippen LogP contribution in [0.4, 0.5) is 0 Å². The first-order valence-corrected chi connectivity index (χ1v) is 5.83. The minimum Gasteiger partial charge on any atom is -0.192 e. The smallest absolute Gasteiger partial charge is 0.0998 e. The Morgan fingerprint density at radius 2 is 1.71 bits per heavy atom. The number of halogens is 2. The van der Waals surface area contributed by atoms with Crippen LogP contribution in [-0.2, 0) is 0 Å². The van der Waals surface area contributed by atoms with E-state index >= 15 is 0 Å². The summed E-state index contributed by atoms with van der Waals surface area (Å²) in [6.45, 7) is 1.96. The zero-order valence-corrected chi connectivity index (χ0v) is 10.7. The van der Waals surface area contributed by atoms with E-state index in [1.807, 2.05) is 31.2 Å².